The molecule has 0 radical (unpaired) electrons. The van der Waals surface area contributed by atoms with Gasteiger partial charge in [-0.2, -0.15) is 0 Å². The van der Waals surface area contributed by atoms with Crippen LogP contribution in [0.4, 0.5) is 16.2 Å². The molecule has 0 unspecified atom stereocenters. The number of carboxylic acid groups (broad SMARTS) is 1. The number of hydrogen-bond donors (Lipinski definition) is 2. The van der Waals surface area contributed by atoms with Crippen LogP contribution in [0.5, 0.6) is 0 Å². The third-order valence-corrected chi connectivity index (χ3v) is 7.61. The smallest absolute Gasteiger partial charge is 0.414 e. The molecule has 42 heavy (non-hydrogen) atoms. The Labute approximate surface area is 248 Å². The predicted molar refractivity (Wildman–Crippen MR) is 167 cm³/mol. The Balaban J connectivity index is 1.46. The Morgan fingerprint density at radius 1 is 0.929 bits per heavy atom. The lowest BCUT2D eigenvalue weighted by Gasteiger charge is -2.36. The standard InChI is InChI=1S/C35H40N2O5/c1-34(2,3)42-33(41)37(4)30-18-16-28(17-19-30)27-14-11-26(12-15-27)24-35(21-6-5-7-22-35)32(40)36-29-10-8-9-25(23-29)13-20-31(38)39/h8-20,23H,5-7,21-22,24H2,1-4H3,(H,36,40)(H,38,39)/b20-13+. The summed E-state index contributed by atoms with van der Waals surface area (Å²) in [5, 5.41) is 12.0. The van der Waals surface area contributed by atoms with Gasteiger partial charge < -0.3 is 15.2 Å². The molecule has 1 aliphatic carbocycles. The SMILES string of the molecule is CN(C(=O)OC(C)(C)C)c1ccc(-c2ccc(CC3(C(=O)Nc4cccc(/C=C/C(=O)O)c4)CCCCC3)cc2)cc1. The summed E-state index contributed by atoms with van der Waals surface area (Å²) in [4.78, 5) is 38.5. The van der Waals surface area contributed by atoms with Gasteiger partial charge in [0, 0.05) is 24.5 Å². The van der Waals surface area contributed by atoms with Gasteiger partial charge in [-0.1, -0.05) is 67.8 Å². The van der Waals surface area contributed by atoms with Gasteiger partial charge in [0.1, 0.15) is 5.60 Å². The number of carboxylic acids is 1. The van der Waals surface area contributed by atoms with Crippen LogP contribution in [0.2, 0.25) is 0 Å². The molecule has 220 valence electrons. The number of nitrogens with zero attached hydrogens (tertiary/aromatic N) is 1. The van der Waals surface area contributed by atoms with Gasteiger partial charge in [-0.25, -0.2) is 9.59 Å². The molecule has 1 fully saturated rings. The second kappa shape index (κ2) is 13.1. The molecule has 3 aromatic carbocycles. The molecule has 0 spiro atoms. The molecule has 2 N–H and O–H groups in total. The highest BCUT2D eigenvalue weighted by Gasteiger charge is 2.39. The lowest BCUT2D eigenvalue weighted by molar-refractivity contribution is -0.131. The van der Waals surface area contributed by atoms with E-state index >= 15 is 0 Å². The number of rotatable bonds is 8. The molecule has 0 saturated heterocycles. The van der Waals surface area contributed by atoms with E-state index in [1.165, 1.54) is 11.0 Å². The molecular formula is C35H40N2O5. The number of amides is 2. The molecule has 0 heterocycles. The van der Waals surface area contributed by atoms with Gasteiger partial charge in [-0.3, -0.25) is 9.69 Å². The van der Waals surface area contributed by atoms with Crippen molar-refractivity contribution in [2.45, 2.75) is 64.9 Å². The van der Waals surface area contributed by atoms with Crippen LogP contribution >= 0.6 is 0 Å². The minimum absolute atomic E-state index is 0.00957. The highest BCUT2D eigenvalue weighted by atomic mass is 16.6. The minimum atomic E-state index is -1.01. The topological polar surface area (TPSA) is 95.9 Å². The fraction of sp³-hybridized carbons (Fsp3) is 0.343. The summed E-state index contributed by atoms with van der Waals surface area (Å²) in [6, 6.07) is 23.4. The number of anilines is 2. The first-order valence-electron chi connectivity index (χ1n) is 14.4. The summed E-state index contributed by atoms with van der Waals surface area (Å²) in [6.07, 6.45) is 7.65. The zero-order valence-electron chi connectivity index (χ0n) is 24.9. The Hall–Kier alpha value is -4.39. The van der Waals surface area contributed by atoms with Crippen LogP contribution in [0, 0.1) is 5.41 Å². The van der Waals surface area contributed by atoms with Crippen LogP contribution in [0.1, 0.15) is 64.0 Å². The van der Waals surface area contributed by atoms with Crippen LogP contribution in [-0.4, -0.2) is 35.7 Å². The van der Waals surface area contributed by atoms with Gasteiger partial charge in [0.05, 0.1) is 5.41 Å². The molecule has 1 saturated carbocycles. The fourth-order valence-electron chi connectivity index (χ4n) is 5.38. The maximum Gasteiger partial charge on any atom is 0.414 e. The van der Waals surface area contributed by atoms with Crippen LogP contribution in [0.15, 0.2) is 78.9 Å². The Bertz CT molecular complexity index is 1430. The van der Waals surface area contributed by atoms with E-state index in [0.717, 1.165) is 60.6 Å². The van der Waals surface area contributed by atoms with Gasteiger partial charge in [0.2, 0.25) is 5.91 Å². The highest BCUT2D eigenvalue weighted by molar-refractivity contribution is 5.96. The van der Waals surface area contributed by atoms with Crippen molar-refractivity contribution >= 4 is 35.4 Å². The molecule has 0 atom stereocenters. The van der Waals surface area contributed by atoms with E-state index in [4.69, 9.17) is 9.84 Å². The summed E-state index contributed by atoms with van der Waals surface area (Å²) >= 11 is 0. The molecular weight excluding hydrogens is 528 g/mol. The quantitative estimate of drug-likeness (QED) is 0.269. The normalized spacial score (nSPS) is 14.8. The summed E-state index contributed by atoms with van der Waals surface area (Å²) in [6.45, 7) is 5.53. The average Bonchev–Trinajstić information content (AvgIpc) is 2.96. The van der Waals surface area contributed by atoms with Crippen LogP contribution in [-0.2, 0) is 20.7 Å². The maximum absolute atomic E-state index is 13.7. The monoisotopic (exact) mass is 568 g/mol. The van der Waals surface area contributed by atoms with Crippen molar-refractivity contribution in [3.8, 4) is 11.1 Å². The van der Waals surface area contributed by atoms with Crippen molar-refractivity contribution in [1.82, 2.24) is 0 Å². The van der Waals surface area contributed by atoms with E-state index in [2.05, 4.69) is 29.6 Å². The fourth-order valence-corrected chi connectivity index (χ4v) is 5.38. The predicted octanol–water partition coefficient (Wildman–Crippen LogP) is 7.95. The number of benzene rings is 3. The molecule has 1 aliphatic rings. The second-order valence-electron chi connectivity index (χ2n) is 12.1. The summed E-state index contributed by atoms with van der Waals surface area (Å²) in [5.74, 6) is -1.00. The average molecular weight is 569 g/mol. The summed E-state index contributed by atoms with van der Waals surface area (Å²) in [7, 11) is 1.70. The summed E-state index contributed by atoms with van der Waals surface area (Å²) in [5.41, 5.74) is 4.26. The third kappa shape index (κ3) is 8.09. The van der Waals surface area contributed by atoms with Gasteiger partial charge in [0.15, 0.2) is 0 Å². The molecule has 7 nitrogen and oxygen atoms in total. The van der Waals surface area contributed by atoms with E-state index in [-0.39, 0.29) is 5.91 Å². The van der Waals surface area contributed by atoms with Gasteiger partial charge in [0.25, 0.3) is 0 Å². The molecule has 4 rings (SSSR count). The number of aliphatic carboxylic acids is 1. The van der Waals surface area contributed by atoms with E-state index in [0.29, 0.717) is 17.7 Å². The Morgan fingerprint density at radius 3 is 2.14 bits per heavy atom. The highest BCUT2D eigenvalue weighted by Crippen LogP contribution is 2.41. The van der Waals surface area contributed by atoms with Crippen molar-refractivity contribution in [3.63, 3.8) is 0 Å². The van der Waals surface area contributed by atoms with E-state index in [9.17, 15) is 14.4 Å². The van der Waals surface area contributed by atoms with Gasteiger partial charge >= 0.3 is 12.1 Å². The molecule has 0 aliphatic heterocycles. The molecule has 0 bridgehead atoms. The van der Waals surface area contributed by atoms with E-state index in [1.54, 1.807) is 19.2 Å². The zero-order chi connectivity index (χ0) is 30.3. The Morgan fingerprint density at radius 2 is 1.55 bits per heavy atom. The second-order valence-corrected chi connectivity index (χ2v) is 12.1. The first-order chi connectivity index (χ1) is 19.9. The lowest BCUT2D eigenvalue weighted by Crippen LogP contribution is -2.40. The summed E-state index contributed by atoms with van der Waals surface area (Å²) < 4.78 is 5.46. The molecule has 7 heteroatoms. The Kier molecular flexibility index (Phi) is 9.51. The van der Waals surface area contributed by atoms with Crippen molar-refractivity contribution in [1.29, 1.82) is 0 Å². The number of nitrogens with one attached hydrogen (secondary N) is 1. The van der Waals surface area contributed by atoms with Gasteiger partial charge in [-0.05, 0) is 92.6 Å². The number of ether oxygens (including phenoxy) is 1. The maximum atomic E-state index is 13.7. The van der Waals surface area contributed by atoms with Crippen LogP contribution in [0.3, 0.4) is 0 Å². The van der Waals surface area contributed by atoms with Gasteiger partial charge in [-0.15, -0.1) is 0 Å². The zero-order valence-corrected chi connectivity index (χ0v) is 24.9. The molecule has 3 aromatic rings. The van der Waals surface area contributed by atoms with E-state index < -0.39 is 23.1 Å². The van der Waals surface area contributed by atoms with E-state index in [1.807, 2.05) is 57.2 Å². The number of carbonyl (C=O) groups excluding carboxylic acids is 2. The van der Waals surface area contributed by atoms with Crippen LogP contribution < -0.4 is 10.2 Å². The minimum Gasteiger partial charge on any atom is -0.478 e. The first-order valence-corrected chi connectivity index (χ1v) is 14.4. The number of hydrogen-bond acceptors (Lipinski definition) is 4. The van der Waals surface area contributed by atoms with Crippen molar-refractivity contribution in [3.05, 3.63) is 90.0 Å². The van der Waals surface area contributed by atoms with Crippen molar-refractivity contribution < 1.29 is 24.2 Å². The molecule has 2 amide bonds. The molecule has 0 aromatic heterocycles. The number of carbonyl (C=O) groups is 3. The van der Waals surface area contributed by atoms with Crippen LogP contribution in [0.25, 0.3) is 17.2 Å². The first kappa shape index (κ1) is 30.6. The largest absolute Gasteiger partial charge is 0.478 e. The van der Waals surface area contributed by atoms with Crippen molar-refractivity contribution in [2.24, 2.45) is 5.41 Å². The van der Waals surface area contributed by atoms with Crippen molar-refractivity contribution in [2.75, 3.05) is 17.3 Å². The third-order valence-electron chi connectivity index (χ3n) is 7.61. The lowest BCUT2D eigenvalue weighted by atomic mass is 9.69.